The lowest BCUT2D eigenvalue weighted by atomic mass is 10.2. The van der Waals surface area contributed by atoms with E-state index in [-0.39, 0.29) is 16.5 Å². The van der Waals surface area contributed by atoms with Crippen molar-refractivity contribution in [3.05, 3.63) is 40.5 Å². The van der Waals surface area contributed by atoms with Gasteiger partial charge in [0.1, 0.15) is 6.33 Å². The Morgan fingerprint density at radius 3 is 2.78 bits per heavy atom. The summed E-state index contributed by atoms with van der Waals surface area (Å²) >= 11 is 0. The molecule has 18 heavy (non-hydrogen) atoms. The minimum absolute atomic E-state index is 0.0100. The van der Waals surface area contributed by atoms with Gasteiger partial charge in [0.25, 0.3) is 5.69 Å². The fourth-order valence-corrected chi connectivity index (χ4v) is 1.98. The Hall–Kier alpha value is -2.16. The van der Waals surface area contributed by atoms with Crippen LogP contribution >= 0.6 is 0 Å². The molecule has 0 fully saturated rings. The fraction of sp³-hybridized carbons (Fsp3) is 0.111. The normalized spacial score (nSPS) is 12.3. The first kappa shape index (κ1) is 12.3. The van der Waals surface area contributed by atoms with Gasteiger partial charge < -0.3 is 0 Å². The van der Waals surface area contributed by atoms with E-state index in [0.29, 0.717) is 0 Å². The van der Waals surface area contributed by atoms with Crippen LogP contribution in [0.4, 0.5) is 10.1 Å². The van der Waals surface area contributed by atoms with Crippen LogP contribution in [0.15, 0.2) is 29.7 Å². The number of nitro groups is 1. The maximum Gasteiger partial charge on any atom is 0.272 e. The molecule has 0 radical (unpaired) electrons. The summed E-state index contributed by atoms with van der Waals surface area (Å²) in [4.78, 5) is 9.79. The maximum absolute atomic E-state index is 13.7. The summed E-state index contributed by atoms with van der Waals surface area (Å²) in [5.74, 6) is -0.810. The number of nitro benzene ring substituents is 1. The first-order valence-electron chi connectivity index (χ1n) is 4.68. The Morgan fingerprint density at radius 2 is 2.22 bits per heavy atom. The van der Waals surface area contributed by atoms with Gasteiger partial charge in [0, 0.05) is 12.3 Å². The molecule has 1 aromatic heterocycles. The predicted molar refractivity (Wildman–Crippen MR) is 60.3 cm³/mol. The summed E-state index contributed by atoms with van der Waals surface area (Å²) in [6.45, 7) is 0. The molecule has 0 N–H and O–H groups in total. The Morgan fingerprint density at radius 1 is 1.50 bits per heavy atom. The highest BCUT2D eigenvalue weighted by atomic mass is 32.2. The number of nitrogens with zero attached hydrogens (tertiary/aromatic N) is 4. The Labute approximate surface area is 103 Å². The molecule has 94 valence electrons. The standard InChI is InChI=1S/C9H7FN4O3S/c1-18(17)9-12-11-5-13(9)8-3-2-6(14(15)16)4-7(8)10/h2-5H,1H3. The number of aromatic nitrogens is 3. The zero-order valence-electron chi connectivity index (χ0n) is 9.11. The first-order chi connectivity index (χ1) is 8.50. The summed E-state index contributed by atoms with van der Waals surface area (Å²) in [5.41, 5.74) is -0.348. The second-order valence-corrected chi connectivity index (χ2v) is 4.60. The summed E-state index contributed by atoms with van der Waals surface area (Å²) in [6, 6.07) is 3.16. The van der Waals surface area contributed by atoms with E-state index in [1.54, 1.807) is 0 Å². The topological polar surface area (TPSA) is 90.9 Å². The Bertz CT molecular complexity index is 642. The van der Waals surface area contributed by atoms with E-state index in [1.807, 2.05) is 0 Å². The molecule has 1 aromatic carbocycles. The van der Waals surface area contributed by atoms with E-state index >= 15 is 0 Å². The average molecular weight is 270 g/mol. The highest BCUT2D eigenvalue weighted by Gasteiger charge is 2.16. The summed E-state index contributed by atoms with van der Waals surface area (Å²) in [6.07, 6.45) is 2.57. The van der Waals surface area contributed by atoms with Gasteiger partial charge >= 0.3 is 0 Å². The van der Waals surface area contributed by atoms with Crippen LogP contribution in [0, 0.1) is 15.9 Å². The van der Waals surface area contributed by atoms with Gasteiger partial charge in [-0.2, -0.15) is 0 Å². The number of benzene rings is 1. The summed E-state index contributed by atoms with van der Waals surface area (Å²) < 4.78 is 26.3. The van der Waals surface area contributed by atoms with Crippen LogP contribution in [0.1, 0.15) is 0 Å². The molecule has 0 amide bonds. The Balaban J connectivity index is 2.55. The van der Waals surface area contributed by atoms with Gasteiger partial charge in [0.2, 0.25) is 5.16 Å². The van der Waals surface area contributed by atoms with Gasteiger partial charge in [-0.15, -0.1) is 10.2 Å². The van der Waals surface area contributed by atoms with Crippen molar-refractivity contribution in [1.29, 1.82) is 0 Å². The van der Waals surface area contributed by atoms with Gasteiger partial charge in [-0.25, -0.2) is 4.39 Å². The van der Waals surface area contributed by atoms with Crippen molar-refractivity contribution in [3.8, 4) is 5.69 Å². The van der Waals surface area contributed by atoms with Crippen LogP contribution < -0.4 is 0 Å². The van der Waals surface area contributed by atoms with E-state index in [0.717, 1.165) is 12.1 Å². The molecule has 1 unspecified atom stereocenters. The van der Waals surface area contributed by atoms with Crippen LogP contribution in [-0.2, 0) is 10.8 Å². The van der Waals surface area contributed by atoms with Gasteiger partial charge in [-0.05, 0) is 6.07 Å². The fourth-order valence-electron chi connectivity index (χ4n) is 1.39. The van der Waals surface area contributed by atoms with Crippen molar-refractivity contribution in [1.82, 2.24) is 14.8 Å². The van der Waals surface area contributed by atoms with Gasteiger partial charge in [-0.3, -0.25) is 18.9 Å². The lowest BCUT2D eigenvalue weighted by molar-refractivity contribution is -0.385. The first-order valence-corrected chi connectivity index (χ1v) is 6.24. The van der Waals surface area contributed by atoms with E-state index in [1.165, 1.54) is 23.2 Å². The predicted octanol–water partition coefficient (Wildman–Crippen LogP) is 1.05. The summed E-state index contributed by atoms with van der Waals surface area (Å²) in [7, 11) is -1.44. The molecule has 0 aliphatic rings. The van der Waals surface area contributed by atoms with Crippen molar-refractivity contribution in [2.45, 2.75) is 5.16 Å². The zero-order chi connectivity index (χ0) is 13.3. The molecule has 9 heteroatoms. The number of hydrogen-bond donors (Lipinski definition) is 0. The molecule has 2 rings (SSSR count). The summed E-state index contributed by atoms with van der Waals surface area (Å²) in [5, 5.41) is 17.7. The van der Waals surface area contributed by atoms with Crippen LogP contribution in [0.3, 0.4) is 0 Å². The van der Waals surface area contributed by atoms with Crippen molar-refractivity contribution >= 4 is 16.5 Å². The van der Waals surface area contributed by atoms with Gasteiger partial charge in [0.15, 0.2) is 5.82 Å². The van der Waals surface area contributed by atoms with E-state index < -0.39 is 21.5 Å². The van der Waals surface area contributed by atoms with Crippen molar-refractivity contribution < 1.29 is 13.5 Å². The number of non-ortho nitro benzene ring substituents is 1. The molecule has 7 nitrogen and oxygen atoms in total. The van der Waals surface area contributed by atoms with Crippen molar-refractivity contribution in [3.63, 3.8) is 0 Å². The lowest BCUT2D eigenvalue weighted by Crippen LogP contribution is -2.04. The molecular weight excluding hydrogens is 263 g/mol. The van der Waals surface area contributed by atoms with Crippen LogP contribution in [0.25, 0.3) is 5.69 Å². The third kappa shape index (κ3) is 2.12. The minimum atomic E-state index is -1.44. The van der Waals surface area contributed by atoms with Crippen LogP contribution in [-0.4, -0.2) is 30.2 Å². The third-order valence-corrected chi connectivity index (χ3v) is 2.97. The molecule has 1 atom stereocenters. The van der Waals surface area contributed by atoms with Crippen LogP contribution in [0.5, 0.6) is 0 Å². The molecule has 0 saturated heterocycles. The molecule has 0 saturated carbocycles. The largest absolute Gasteiger partial charge is 0.272 e. The molecule has 0 bridgehead atoms. The second kappa shape index (κ2) is 4.61. The smallest absolute Gasteiger partial charge is 0.272 e. The highest BCUT2D eigenvalue weighted by molar-refractivity contribution is 7.84. The second-order valence-electron chi connectivity index (χ2n) is 3.33. The Kier molecular flexibility index (Phi) is 3.15. The number of halogens is 1. The highest BCUT2D eigenvalue weighted by Crippen LogP contribution is 2.21. The van der Waals surface area contributed by atoms with E-state index in [2.05, 4.69) is 10.2 Å². The van der Waals surface area contributed by atoms with E-state index in [9.17, 15) is 18.7 Å². The van der Waals surface area contributed by atoms with Crippen LogP contribution in [0.2, 0.25) is 0 Å². The molecule has 1 heterocycles. The monoisotopic (exact) mass is 270 g/mol. The SMILES string of the molecule is CS(=O)c1nncn1-c1ccc([N+](=O)[O-])cc1F. The zero-order valence-corrected chi connectivity index (χ0v) is 9.93. The average Bonchev–Trinajstić information content (AvgIpc) is 2.77. The number of rotatable bonds is 3. The third-order valence-electron chi connectivity index (χ3n) is 2.18. The molecule has 2 aromatic rings. The van der Waals surface area contributed by atoms with Gasteiger partial charge in [0.05, 0.1) is 27.5 Å². The van der Waals surface area contributed by atoms with Crippen molar-refractivity contribution in [2.75, 3.05) is 6.26 Å². The lowest BCUT2D eigenvalue weighted by Gasteiger charge is -2.05. The molecule has 0 spiro atoms. The quantitative estimate of drug-likeness (QED) is 0.614. The number of hydrogen-bond acceptors (Lipinski definition) is 5. The molecule has 0 aliphatic carbocycles. The maximum atomic E-state index is 13.7. The van der Waals surface area contributed by atoms with E-state index in [4.69, 9.17) is 0 Å². The molecule has 0 aliphatic heterocycles. The molecular formula is C9H7FN4O3S. The van der Waals surface area contributed by atoms with Gasteiger partial charge in [-0.1, -0.05) is 0 Å². The van der Waals surface area contributed by atoms with Crippen molar-refractivity contribution in [2.24, 2.45) is 0 Å². The minimum Gasteiger partial charge on any atom is -0.272 e.